The van der Waals surface area contributed by atoms with E-state index in [1.54, 1.807) is 6.08 Å². The maximum Gasteiger partial charge on any atom is 0.305 e. The molecule has 61 heavy (non-hydrogen) atoms. The van der Waals surface area contributed by atoms with E-state index in [-0.39, 0.29) is 18.5 Å². The molecule has 11 nitrogen and oxygen atoms in total. The maximum absolute atomic E-state index is 12.9. The van der Waals surface area contributed by atoms with E-state index < -0.39 is 49.5 Å². The van der Waals surface area contributed by atoms with Gasteiger partial charge in [0.1, 0.15) is 24.4 Å². The smallest absolute Gasteiger partial charge is 0.305 e. The normalized spacial score (nSPS) is 20.4. The molecule has 358 valence electrons. The number of hydrogen-bond acceptors (Lipinski definition) is 10. The summed E-state index contributed by atoms with van der Waals surface area (Å²) in [5, 5.41) is 54.0. The zero-order valence-electron chi connectivity index (χ0n) is 38.9. The molecular weight excluding hydrogens is 775 g/mol. The predicted octanol–water partition coefficient (Wildman–Crippen LogP) is 9.83. The van der Waals surface area contributed by atoms with Crippen LogP contribution in [0.2, 0.25) is 0 Å². The van der Waals surface area contributed by atoms with E-state index in [9.17, 15) is 35.1 Å². The van der Waals surface area contributed by atoms with Crippen LogP contribution in [0.25, 0.3) is 0 Å². The first kappa shape index (κ1) is 57.2. The molecular formula is C50H93NO10. The molecule has 0 spiro atoms. The number of unbranched alkanes of at least 4 members (excludes halogenated alkanes) is 26. The second-order valence-electron chi connectivity index (χ2n) is 17.5. The van der Waals surface area contributed by atoms with Crippen molar-refractivity contribution in [1.29, 1.82) is 0 Å². The van der Waals surface area contributed by atoms with Gasteiger partial charge in [-0.3, -0.25) is 9.59 Å². The van der Waals surface area contributed by atoms with Gasteiger partial charge in [0.05, 0.1) is 32.0 Å². The van der Waals surface area contributed by atoms with Crippen LogP contribution < -0.4 is 5.32 Å². The number of esters is 1. The van der Waals surface area contributed by atoms with Crippen LogP contribution in [-0.2, 0) is 23.8 Å². The number of ether oxygens (including phenoxy) is 3. The van der Waals surface area contributed by atoms with Crippen molar-refractivity contribution in [2.75, 3.05) is 19.8 Å². The van der Waals surface area contributed by atoms with Crippen LogP contribution >= 0.6 is 0 Å². The van der Waals surface area contributed by atoms with Crippen LogP contribution in [0, 0.1) is 0 Å². The van der Waals surface area contributed by atoms with Crippen molar-refractivity contribution in [3.8, 4) is 0 Å². The van der Waals surface area contributed by atoms with Crippen LogP contribution in [0.3, 0.4) is 0 Å². The third kappa shape index (κ3) is 31.6. The van der Waals surface area contributed by atoms with Crippen molar-refractivity contribution in [2.45, 2.75) is 262 Å². The van der Waals surface area contributed by atoms with Gasteiger partial charge in [-0.2, -0.15) is 0 Å². The number of nitrogens with one attached hydrogen (secondary N) is 1. The summed E-state index contributed by atoms with van der Waals surface area (Å²) in [6.45, 7) is 4.21. The molecule has 0 aromatic carbocycles. The maximum atomic E-state index is 12.9. The quantitative estimate of drug-likeness (QED) is 0.0197. The summed E-state index contributed by atoms with van der Waals surface area (Å²) in [6, 6.07) is -0.822. The highest BCUT2D eigenvalue weighted by Crippen LogP contribution is 2.23. The SMILES string of the molecule is CCCCCC/C=C\CCCCCCCC(=O)OCCCCCCCCCCCCCC(=O)NC(COC1OC(CO)C(O)C(O)C1O)C(O)/C=C/CCCCCCCCC. The summed E-state index contributed by atoms with van der Waals surface area (Å²) in [6.07, 6.45) is 35.4. The molecule has 11 heteroatoms. The molecule has 0 aromatic heterocycles. The fourth-order valence-electron chi connectivity index (χ4n) is 7.72. The summed E-state index contributed by atoms with van der Waals surface area (Å²) in [5.41, 5.74) is 0. The van der Waals surface area contributed by atoms with Crippen LogP contribution in [0.4, 0.5) is 0 Å². The summed E-state index contributed by atoms with van der Waals surface area (Å²) in [5.74, 6) is -0.254. The van der Waals surface area contributed by atoms with Crippen LogP contribution in [0.1, 0.15) is 219 Å². The second kappa shape index (κ2) is 40.9. The van der Waals surface area contributed by atoms with Crippen molar-refractivity contribution in [3.05, 3.63) is 24.3 Å². The zero-order valence-corrected chi connectivity index (χ0v) is 38.9. The number of allylic oxidation sites excluding steroid dienone is 3. The minimum Gasteiger partial charge on any atom is -0.466 e. The Morgan fingerprint density at radius 1 is 0.590 bits per heavy atom. The molecule has 0 radical (unpaired) electrons. The minimum atomic E-state index is -1.58. The minimum absolute atomic E-state index is 0.0497. The molecule has 1 aliphatic rings. The van der Waals surface area contributed by atoms with Gasteiger partial charge in [-0.05, 0) is 57.8 Å². The zero-order chi connectivity index (χ0) is 44.6. The number of carbonyl (C=O) groups excluding carboxylic acids is 2. The Hall–Kier alpha value is -1.86. The summed E-state index contributed by atoms with van der Waals surface area (Å²) in [4.78, 5) is 25.0. The Morgan fingerprint density at radius 3 is 1.59 bits per heavy atom. The van der Waals surface area contributed by atoms with Crippen LogP contribution in [0.5, 0.6) is 0 Å². The molecule has 1 rings (SSSR count). The Balaban J connectivity index is 2.16. The van der Waals surface area contributed by atoms with E-state index in [4.69, 9.17) is 14.2 Å². The van der Waals surface area contributed by atoms with Crippen LogP contribution in [-0.4, -0.2) is 100 Å². The Kier molecular flexibility index (Phi) is 38.3. The molecule has 1 saturated heterocycles. The monoisotopic (exact) mass is 868 g/mol. The van der Waals surface area contributed by atoms with Gasteiger partial charge in [-0.1, -0.05) is 173 Å². The Bertz CT molecular complexity index is 1070. The van der Waals surface area contributed by atoms with Crippen molar-refractivity contribution in [3.63, 3.8) is 0 Å². The molecule has 1 heterocycles. The Morgan fingerprint density at radius 2 is 1.05 bits per heavy atom. The van der Waals surface area contributed by atoms with E-state index in [0.717, 1.165) is 70.6 Å². The van der Waals surface area contributed by atoms with Gasteiger partial charge in [0.15, 0.2) is 6.29 Å². The van der Waals surface area contributed by atoms with Crippen LogP contribution in [0.15, 0.2) is 24.3 Å². The number of hydrogen-bond donors (Lipinski definition) is 6. The van der Waals surface area contributed by atoms with Crippen molar-refractivity contribution in [1.82, 2.24) is 5.32 Å². The fourth-order valence-corrected chi connectivity index (χ4v) is 7.72. The topological polar surface area (TPSA) is 175 Å². The third-order valence-corrected chi connectivity index (χ3v) is 11.8. The first-order valence-electron chi connectivity index (χ1n) is 25.1. The largest absolute Gasteiger partial charge is 0.466 e. The molecule has 0 saturated carbocycles. The molecule has 1 fully saturated rings. The lowest BCUT2D eigenvalue weighted by Gasteiger charge is -2.40. The summed E-state index contributed by atoms with van der Waals surface area (Å²) in [7, 11) is 0. The highest BCUT2D eigenvalue weighted by Gasteiger charge is 2.44. The molecule has 6 N–H and O–H groups in total. The highest BCUT2D eigenvalue weighted by molar-refractivity contribution is 5.76. The summed E-state index contributed by atoms with van der Waals surface area (Å²) < 4.78 is 16.6. The van der Waals surface area contributed by atoms with Gasteiger partial charge >= 0.3 is 5.97 Å². The molecule has 0 aliphatic carbocycles. The lowest BCUT2D eigenvalue weighted by atomic mass is 9.99. The van der Waals surface area contributed by atoms with E-state index in [0.29, 0.717) is 19.4 Å². The first-order valence-corrected chi connectivity index (χ1v) is 25.1. The predicted molar refractivity (Wildman–Crippen MR) is 246 cm³/mol. The number of amides is 1. The van der Waals surface area contributed by atoms with Gasteiger partial charge in [0.2, 0.25) is 5.91 Å². The third-order valence-electron chi connectivity index (χ3n) is 11.8. The van der Waals surface area contributed by atoms with E-state index in [1.807, 2.05) is 6.08 Å². The fraction of sp³-hybridized carbons (Fsp3) is 0.880. The van der Waals surface area contributed by atoms with E-state index in [1.165, 1.54) is 122 Å². The second-order valence-corrected chi connectivity index (χ2v) is 17.5. The molecule has 7 unspecified atom stereocenters. The summed E-state index contributed by atoms with van der Waals surface area (Å²) >= 11 is 0. The van der Waals surface area contributed by atoms with Gasteiger partial charge in [-0.25, -0.2) is 0 Å². The van der Waals surface area contributed by atoms with Gasteiger partial charge in [0, 0.05) is 12.8 Å². The molecule has 7 atom stereocenters. The standard InChI is InChI=1S/C50H93NO10/c1-3-5-7-9-11-13-14-15-18-22-26-30-34-38-46(55)59-39-35-31-27-23-19-16-17-21-25-29-33-37-45(54)51-42(43(53)36-32-28-24-20-12-10-8-6-4-2)41-60-50-49(58)48(57)47(56)44(40-52)61-50/h13-14,32,36,42-44,47-50,52-53,56-58H,3-12,15-31,33-35,37-41H2,1-2H3,(H,51,54)/b14-13-,36-32+. The van der Waals surface area contributed by atoms with Crippen molar-refractivity contribution < 1.29 is 49.3 Å². The number of aliphatic hydroxyl groups excluding tert-OH is 5. The highest BCUT2D eigenvalue weighted by atomic mass is 16.7. The molecule has 1 aliphatic heterocycles. The van der Waals surface area contributed by atoms with Crippen molar-refractivity contribution >= 4 is 11.9 Å². The lowest BCUT2D eigenvalue weighted by Crippen LogP contribution is -2.60. The average molecular weight is 868 g/mol. The van der Waals surface area contributed by atoms with Crippen molar-refractivity contribution in [2.24, 2.45) is 0 Å². The van der Waals surface area contributed by atoms with Gasteiger partial charge < -0.3 is 45.1 Å². The molecule has 0 bridgehead atoms. The van der Waals surface area contributed by atoms with E-state index in [2.05, 4.69) is 31.3 Å². The van der Waals surface area contributed by atoms with E-state index >= 15 is 0 Å². The first-order chi connectivity index (χ1) is 29.7. The number of aliphatic hydroxyl groups is 5. The molecule has 1 amide bonds. The Labute approximate surface area is 371 Å². The number of carbonyl (C=O) groups is 2. The number of rotatable bonds is 42. The van der Waals surface area contributed by atoms with Gasteiger partial charge in [-0.15, -0.1) is 0 Å². The van der Waals surface area contributed by atoms with Gasteiger partial charge in [0.25, 0.3) is 0 Å². The lowest BCUT2D eigenvalue weighted by molar-refractivity contribution is -0.302. The molecule has 0 aromatic rings. The average Bonchev–Trinajstić information content (AvgIpc) is 3.25.